The van der Waals surface area contributed by atoms with Crippen molar-refractivity contribution in [1.29, 1.82) is 0 Å². The van der Waals surface area contributed by atoms with Crippen LogP contribution in [0.1, 0.15) is 20.3 Å². The number of nitrogens with zero attached hydrogens (tertiary/aromatic N) is 2. The van der Waals surface area contributed by atoms with Gasteiger partial charge in [0.05, 0.1) is 17.8 Å². The molecule has 4 heteroatoms. The van der Waals surface area contributed by atoms with Gasteiger partial charge < -0.3 is 0 Å². The van der Waals surface area contributed by atoms with E-state index in [2.05, 4.69) is 5.10 Å². The minimum absolute atomic E-state index is 0.00552. The van der Waals surface area contributed by atoms with Crippen molar-refractivity contribution < 1.29 is 4.79 Å². The van der Waals surface area contributed by atoms with Crippen molar-refractivity contribution in [3.05, 3.63) is 29.3 Å². The van der Waals surface area contributed by atoms with Crippen molar-refractivity contribution in [2.24, 2.45) is 11.0 Å². The molecule has 1 aliphatic heterocycles. The zero-order valence-corrected chi connectivity index (χ0v) is 10.0. The number of benzene rings is 1. The van der Waals surface area contributed by atoms with Gasteiger partial charge in [-0.25, -0.2) is 5.01 Å². The van der Waals surface area contributed by atoms with Crippen molar-refractivity contribution in [3.63, 3.8) is 0 Å². The van der Waals surface area contributed by atoms with Gasteiger partial charge in [-0.3, -0.25) is 4.79 Å². The van der Waals surface area contributed by atoms with Crippen LogP contribution in [0.25, 0.3) is 0 Å². The third-order valence-corrected chi connectivity index (χ3v) is 2.75. The molecule has 0 aliphatic carbocycles. The first kappa shape index (κ1) is 11.1. The number of carbonyl (C=O) groups is 1. The van der Waals surface area contributed by atoms with Crippen LogP contribution in [0, 0.1) is 5.92 Å². The van der Waals surface area contributed by atoms with Gasteiger partial charge in [-0.1, -0.05) is 31.5 Å². The highest BCUT2D eigenvalue weighted by molar-refractivity contribution is 6.31. The van der Waals surface area contributed by atoms with Crippen molar-refractivity contribution in [2.45, 2.75) is 20.3 Å². The predicted octanol–water partition coefficient (Wildman–Crippen LogP) is 3.09. The lowest BCUT2D eigenvalue weighted by molar-refractivity contribution is -0.116. The molecule has 1 aromatic carbocycles. The number of hydrogen-bond donors (Lipinski definition) is 0. The molecule has 0 unspecified atom stereocenters. The number of carbonyl (C=O) groups excluding carboxylic acids is 1. The van der Waals surface area contributed by atoms with E-state index in [1.165, 1.54) is 5.01 Å². The summed E-state index contributed by atoms with van der Waals surface area (Å²) in [7, 11) is 0. The van der Waals surface area contributed by atoms with Gasteiger partial charge in [0.1, 0.15) is 0 Å². The lowest BCUT2D eigenvalue weighted by Crippen LogP contribution is -2.19. The number of anilines is 1. The fourth-order valence-electron chi connectivity index (χ4n) is 1.58. The number of rotatable bonds is 2. The van der Waals surface area contributed by atoms with Crippen LogP contribution < -0.4 is 5.01 Å². The van der Waals surface area contributed by atoms with Gasteiger partial charge in [0.15, 0.2) is 0 Å². The first-order valence-corrected chi connectivity index (χ1v) is 5.61. The Kier molecular flexibility index (Phi) is 2.97. The van der Waals surface area contributed by atoms with Crippen LogP contribution in [0.4, 0.5) is 5.69 Å². The van der Waals surface area contributed by atoms with Crippen LogP contribution in [0.15, 0.2) is 29.4 Å². The summed E-state index contributed by atoms with van der Waals surface area (Å²) in [5.74, 6) is 0.305. The Bertz CT molecular complexity index is 454. The van der Waals surface area contributed by atoms with E-state index in [0.717, 1.165) is 11.4 Å². The highest BCUT2D eigenvalue weighted by Gasteiger charge is 2.26. The maximum atomic E-state index is 11.8. The zero-order chi connectivity index (χ0) is 11.7. The second kappa shape index (κ2) is 4.26. The smallest absolute Gasteiger partial charge is 0.253 e. The first-order valence-electron chi connectivity index (χ1n) is 5.24. The third-order valence-electron chi connectivity index (χ3n) is 2.52. The van der Waals surface area contributed by atoms with E-state index < -0.39 is 0 Å². The predicted molar refractivity (Wildman–Crippen MR) is 65.8 cm³/mol. The molecule has 0 N–H and O–H groups in total. The SMILES string of the molecule is CC(C)C1=NN(c2cccc(Cl)c2)C(=O)C1. The van der Waals surface area contributed by atoms with Crippen LogP contribution in [0.5, 0.6) is 0 Å². The molecule has 16 heavy (non-hydrogen) atoms. The fraction of sp³-hybridized carbons (Fsp3) is 0.333. The quantitative estimate of drug-likeness (QED) is 0.777. The monoisotopic (exact) mass is 236 g/mol. The van der Waals surface area contributed by atoms with Crippen LogP contribution in [-0.2, 0) is 4.79 Å². The molecule has 0 aromatic heterocycles. The molecule has 84 valence electrons. The van der Waals surface area contributed by atoms with Gasteiger partial charge in [0, 0.05) is 5.02 Å². The molecule has 1 amide bonds. The number of halogens is 1. The van der Waals surface area contributed by atoms with Gasteiger partial charge in [0.2, 0.25) is 0 Å². The zero-order valence-electron chi connectivity index (χ0n) is 9.27. The Hall–Kier alpha value is -1.35. The molecule has 0 spiro atoms. The van der Waals surface area contributed by atoms with Crippen molar-refractivity contribution in [3.8, 4) is 0 Å². The first-order chi connectivity index (χ1) is 7.58. The minimum Gasteiger partial charge on any atom is -0.272 e. The Labute approximate surface area is 99.7 Å². The average molecular weight is 237 g/mol. The molecular weight excluding hydrogens is 224 g/mol. The van der Waals surface area contributed by atoms with Gasteiger partial charge in [-0.05, 0) is 24.1 Å². The summed E-state index contributed by atoms with van der Waals surface area (Å²) in [6.07, 6.45) is 0.407. The molecule has 0 atom stereocenters. The van der Waals surface area contributed by atoms with Gasteiger partial charge in [-0.2, -0.15) is 5.10 Å². The standard InChI is InChI=1S/C12H13ClN2O/c1-8(2)11-7-12(16)15(14-11)10-5-3-4-9(13)6-10/h3-6,8H,7H2,1-2H3. The average Bonchev–Trinajstić information content (AvgIpc) is 2.60. The highest BCUT2D eigenvalue weighted by Crippen LogP contribution is 2.25. The summed E-state index contributed by atoms with van der Waals surface area (Å²) in [5.41, 5.74) is 1.65. The Balaban J connectivity index is 2.31. The largest absolute Gasteiger partial charge is 0.272 e. The van der Waals surface area contributed by atoms with Crippen LogP contribution in [0.3, 0.4) is 0 Å². The maximum Gasteiger partial charge on any atom is 0.253 e. The normalized spacial score (nSPS) is 15.9. The van der Waals surface area contributed by atoms with Crippen molar-refractivity contribution in [1.82, 2.24) is 0 Å². The van der Waals surface area contributed by atoms with E-state index in [1.807, 2.05) is 26.0 Å². The number of amides is 1. The van der Waals surface area contributed by atoms with Crippen LogP contribution >= 0.6 is 11.6 Å². The van der Waals surface area contributed by atoms with Crippen LogP contribution in [-0.4, -0.2) is 11.6 Å². The molecule has 0 saturated heterocycles. The maximum absolute atomic E-state index is 11.8. The lowest BCUT2D eigenvalue weighted by Gasteiger charge is -2.11. The summed E-state index contributed by atoms with van der Waals surface area (Å²) in [6, 6.07) is 7.16. The Morgan fingerprint density at radius 2 is 2.19 bits per heavy atom. The lowest BCUT2D eigenvalue weighted by atomic mass is 10.1. The molecule has 0 saturated carbocycles. The van der Waals surface area contributed by atoms with E-state index in [-0.39, 0.29) is 5.91 Å². The van der Waals surface area contributed by atoms with Gasteiger partial charge in [0.25, 0.3) is 5.91 Å². The topological polar surface area (TPSA) is 32.7 Å². The van der Waals surface area contributed by atoms with Gasteiger partial charge >= 0.3 is 0 Å². The number of hydrazone groups is 1. The van der Waals surface area contributed by atoms with E-state index in [1.54, 1.807) is 12.1 Å². The Morgan fingerprint density at radius 3 is 2.75 bits per heavy atom. The molecule has 0 fully saturated rings. The highest BCUT2D eigenvalue weighted by atomic mass is 35.5. The molecule has 1 aliphatic rings. The molecule has 1 aromatic rings. The van der Waals surface area contributed by atoms with E-state index >= 15 is 0 Å². The summed E-state index contributed by atoms with van der Waals surface area (Å²) in [4.78, 5) is 11.8. The molecule has 0 bridgehead atoms. The second-order valence-electron chi connectivity index (χ2n) is 4.11. The van der Waals surface area contributed by atoms with E-state index in [4.69, 9.17) is 11.6 Å². The summed E-state index contributed by atoms with van der Waals surface area (Å²) >= 11 is 5.88. The molecule has 0 radical (unpaired) electrons. The Morgan fingerprint density at radius 1 is 1.44 bits per heavy atom. The summed E-state index contributed by atoms with van der Waals surface area (Å²) in [6.45, 7) is 4.07. The molecular formula is C12H13ClN2O. The van der Waals surface area contributed by atoms with E-state index in [9.17, 15) is 4.79 Å². The summed E-state index contributed by atoms with van der Waals surface area (Å²) in [5, 5.41) is 6.36. The fourth-order valence-corrected chi connectivity index (χ4v) is 1.76. The molecule has 2 rings (SSSR count). The van der Waals surface area contributed by atoms with Gasteiger partial charge in [-0.15, -0.1) is 0 Å². The minimum atomic E-state index is 0.00552. The summed E-state index contributed by atoms with van der Waals surface area (Å²) < 4.78 is 0. The van der Waals surface area contributed by atoms with Crippen molar-refractivity contribution in [2.75, 3.05) is 5.01 Å². The number of hydrogen-bond acceptors (Lipinski definition) is 2. The molecule has 1 heterocycles. The van der Waals surface area contributed by atoms with Crippen LogP contribution in [0.2, 0.25) is 5.02 Å². The molecule has 3 nitrogen and oxygen atoms in total. The van der Waals surface area contributed by atoms with Crippen molar-refractivity contribution >= 4 is 28.9 Å². The van der Waals surface area contributed by atoms with E-state index in [0.29, 0.717) is 17.4 Å². The third kappa shape index (κ3) is 2.09. The second-order valence-corrected chi connectivity index (χ2v) is 4.54.